The summed E-state index contributed by atoms with van der Waals surface area (Å²) >= 11 is 0. The molecule has 10 nitrogen and oxygen atoms in total. The second kappa shape index (κ2) is 10.2. The van der Waals surface area contributed by atoms with Crippen LogP contribution in [-0.4, -0.2) is 94.4 Å². The Bertz CT molecular complexity index is 1090. The molecule has 0 fully saturated rings. The predicted molar refractivity (Wildman–Crippen MR) is 114 cm³/mol. The number of nitrogens with zero attached hydrogens (tertiary/aromatic N) is 3. The number of fused-ring (bicyclic) bond motifs is 2. The molecule has 5 N–H and O–H groups in total. The molecule has 154 valence electrons. The molecule has 2 heterocycles. The fraction of sp³-hybridized carbons (Fsp3) is 0.412. The van der Waals surface area contributed by atoms with Crippen LogP contribution in [0.25, 0.3) is 22.6 Å². The van der Waals surface area contributed by atoms with E-state index in [2.05, 4.69) is 15.0 Å². The number of aliphatic hydroxyl groups excluding tert-OH is 4. The number of hydrogen-bond acceptors (Lipinski definition) is 8. The van der Waals surface area contributed by atoms with E-state index < -0.39 is 36.2 Å². The third-order valence-electron chi connectivity index (χ3n) is 4.57. The maximum absolute atomic E-state index is 12.2. The quantitative estimate of drug-likeness (QED) is 0.170. The van der Waals surface area contributed by atoms with Crippen LogP contribution in [0.5, 0.6) is 0 Å². The normalized spacial score (nSPS) is 14.1. The molecule has 3 rings (SSSR count). The van der Waals surface area contributed by atoms with Gasteiger partial charge in [-0.1, -0.05) is 0 Å². The molecule has 0 radical (unpaired) electrons. The van der Waals surface area contributed by atoms with E-state index in [9.17, 15) is 24.9 Å². The van der Waals surface area contributed by atoms with Crippen LogP contribution in [0.3, 0.4) is 0 Å². The molecule has 0 aromatic heterocycles. The SMILES string of the molecule is Cc1cc2nc3c(=O)[nH]c(=O)nc-3n(C[C@H](O)[C@H](O)[C@H](O)CO)c2cc1C.P.[NaH]. The molecule has 12 heteroatoms. The van der Waals surface area contributed by atoms with E-state index in [1.54, 1.807) is 12.1 Å². The van der Waals surface area contributed by atoms with Crippen LogP contribution >= 0.6 is 9.90 Å². The second-order valence-corrected chi connectivity index (χ2v) is 6.50. The van der Waals surface area contributed by atoms with Crippen molar-refractivity contribution in [3.8, 4) is 11.5 Å². The van der Waals surface area contributed by atoms with Gasteiger partial charge in [0.2, 0.25) is 0 Å². The zero-order valence-corrected chi connectivity index (χ0v) is 16.9. The molecule has 4 atom stereocenters. The van der Waals surface area contributed by atoms with Gasteiger partial charge in [-0.2, -0.15) is 14.9 Å². The van der Waals surface area contributed by atoms with Crippen molar-refractivity contribution in [2.24, 2.45) is 0 Å². The van der Waals surface area contributed by atoms with Crippen molar-refractivity contribution in [2.45, 2.75) is 38.7 Å². The Balaban J connectivity index is 0.00000210. The molecule has 0 saturated heterocycles. The first-order valence-corrected chi connectivity index (χ1v) is 8.29. The minimum atomic E-state index is -1.64. The predicted octanol–water partition coefficient (Wildman–Crippen LogP) is -2.31. The molecule has 1 unspecified atom stereocenters. The Morgan fingerprint density at radius 2 is 1.69 bits per heavy atom. The summed E-state index contributed by atoms with van der Waals surface area (Å²) in [5, 5.41) is 38.8. The topological polar surface area (TPSA) is 162 Å². The molecule has 0 amide bonds. The summed E-state index contributed by atoms with van der Waals surface area (Å²) in [7, 11) is 0. The van der Waals surface area contributed by atoms with Gasteiger partial charge in [-0.15, -0.1) is 0 Å². The molecule has 2 aliphatic heterocycles. The number of benzene rings is 1. The van der Waals surface area contributed by atoms with Gasteiger partial charge in [0.15, 0.2) is 11.5 Å². The van der Waals surface area contributed by atoms with Crippen molar-refractivity contribution in [1.82, 2.24) is 19.5 Å². The van der Waals surface area contributed by atoms with Gasteiger partial charge in [-0.3, -0.25) is 9.78 Å². The van der Waals surface area contributed by atoms with Crippen LogP contribution in [0, 0.1) is 13.8 Å². The average molecular weight is 434 g/mol. The molecule has 1 aromatic carbocycles. The number of nitrogens with one attached hydrogen (secondary N) is 1. The first kappa shape index (κ1) is 25.8. The number of aliphatic hydroxyl groups is 4. The Hall–Kier alpha value is -1.23. The second-order valence-electron chi connectivity index (χ2n) is 6.50. The molecular weight excluding hydrogens is 410 g/mol. The summed E-state index contributed by atoms with van der Waals surface area (Å²) in [6.45, 7) is 2.73. The van der Waals surface area contributed by atoms with Gasteiger partial charge in [0.1, 0.15) is 18.3 Å². The van der Waals surface area contributed by atoms with Gasteiger partial charge in [0, 0.05) is 0 Å². The molecular formula is C17H24N4NaO6P. The van der Waals surface area contributed by atoms with E-state index >= 15 is 0 Å². The third-order valence-corrected chi connectivity index (χ3v) is 4.57. The molecule has 0 saturated carbocycles. The van der Waals surface area contributed by atoms with Crippen molar-refractivity contribution in [2.75, 3.05) is 6.61 Å². The van der Waals surface area contributed by atoms with Crippen LogP contribution in [0.4, 0.5) is 0 Å². The molecule has 0 aliphatic carbocycles. The van der Waals surface area contributed by atoms with Crippen LogP contribution in [0.2, 0.25) is 0 Å². The van der Waals surface area contributed by atoms with Gasteiger partial charge in [-0.25, -0.2) is 9.78 Å². The van der Waals surface area contributed by atoms with Gasteiger partial charge >= 0.3 is 35.2 Å². The number of aryl methyl sites for hydroxylation is 2. The average Bonchev–Trinajstić information content (AvgIpc) is 2.62. The number of hydrogen-bond donors (Lipinski definition) is 5. The number of aromatic nitrogens is 4. The van der Waals surface area contributed by atoms with Crippen molar-refractivity contribution in [1.29, 1.82) is 0 Å². The summed E-state index contributed by atoms with van der Waals surface area (Å²) in [5.41, 5.74) is 1.11. The number of rotatable bonds is 5. The summed E-state index contributed by atoms with van der Waals surface area (Å²) in [6.07, 6.45) is -4.68. The van der Waals surface area contributed by atoms with E-state index in [1.165, 1.54) is 4.57 Å². The summed E-state index contributed by atoms with van der Waals surface area (Å²) < 4.78 is 1.40. The molecule has 0 spiro atoms. The van der Waals surface area contributed by atoms with Crippen LogP contribution in [0.1, 0.15) is 11.1 Å². The standard InChI is InChI=1S/C17H20N4O6.Na.H3P.H/c1-7-3-9-10(4-8(7)2)21(5-11(23)14(25)12(24)6-22)15-13(18-9)16(26)20-17(27)19-15;;;/h3-4,11-12,14,22-25H,5-6H2,1-2H3,(H,20,26,27);;1H3;/t11-,12+,14-;;;/m0.../s1. The first-order valence-electron chi connectivity index (χ1n) is 8.29. The summed E-state index contributed by atoms with van der Waals surface area (Å²) in [6, 6.07) is 3.53. The zero-order valence-electron chi connectivity index (χ0n) is 15.5. The maximum atomic E-state index is 12.2. The Labute approximate surface area is 190 Å². The van der Waals surface area contributed by atoms with Crippen molar-refractivity contribution in [3.63, 3.8) is 0 Å². The van der Waals surface area contributed by atoms with Crippen molar-refractivity contribution in [3.05, 3.63) is 44.1 Å². The summed E-state index contributed by atoms with van der Waals surface area (Å²) in [4.78, 5) is 34.0. The van der Waals surface area contributed by atoms with Gasteiger partial charge in [-0.05, 0) is 37.1 Å². The number of H-pyrrole nitrogens is 1. The monoisotopic (exact) mass is 434 g/mol. The first-order chi connectivity index (χ1) is 12.7. The van der Waals surface area contributed by atoms with E-state index in [4.69, 9.17) is 5.11 Å². The Kier molecular flexibility index (Phi) is 9.07. The zero-order chi connectivity index (χ0) is 19.9. The summed E-state index contributed by atoms with van der Waals surface area (Å²) in [5.74, 6) is -0.0516. The fourth-order valence-electron chi connectivity index (χ4n) is 2.89. The Morgan fingerprint density at radius 3 is 2.31 bits per heavy atom. The van der Waals surface area contributed by atoms with Crippen molar-refractivity contribution < 1.29 is 20.4 Å². The minimum absolute atomic E-state index is 0. The van der Waals surface area contributed by atoms with E-state index in [0.717, 1.165) is 11.1 Å². The van der Waals surface area contributed by atoms with Crippen LogP contribution < -0.4 is 11.2 Å². The van der Waals surface area contributed by atoms with Gasteiger partial charge in [0.25, 0.3) is 5.56 Å². The van der Waals surface area contributed by atoms with Crippen molar-refractivity contribution >= 4 is 50.5 Å². The molecule has 0 bridgehead atoms. The Morgan fingerprint density at radius 1 is 1.07 bits per heavy atom. The van der Waals surface area contributed by atoms with E-state index in [-0.39, 0.29) is 57.5 Å². The molecule has 1 aromatic rings. The molecule has 29 heavy (non-hydrogen) atoms. The number of aromatic amines is 1. The third kappa shape index (κ3) is 5.10. The fourth-order valence-corrected chi connectivity index (χ4v) is 2.89. The van der Waals surface area contributed by atoms with Gasteiger partial charge < -0.3 is 25.0 Å². The van der Waals surface area contributed by atoms with Crippen LogP contribution in [0.15, 0.2) is 21.7 Å². The van der Waals surface area contributed by atoms with E-state index in [0.29, 0.717) is 11.0 Å². The molecule has 2 aliphatic rings. The van der Waals surface area contributed by atoms with Crippen LogP contribution in [-0.2, 0) is 6.54 Å². The van der Waals surface area contributed by atoms with Gasteiger partial charge in [0.05, 0.1) is 24.2 Å². The van der Waals surface area contributed by atoms with E-state index in [1.807, 2.05) is 13.8 Å².